The Labute approximate surface area is 122 Å². The highest BCUT2D eigenvalue weighted by Crippen LogP contribution is 2.35. The number of aliphatic hydroxyl groups is 1. The Morgan fingerprint density at radius 2 is 1.85 bits per heavy atom. The molecule has 0 aliphatic heterocycles. The van der Waals surface area contributed by atoms with Crippen LogP contribution in [0.15, 0.2) is 24.3 Å². The SMILES string of the molecule is CCN(C1CCCC1)C1CCCc2ccccc2C1O. The molecule has 1 saturated carbocycles. The zero-order chi connectivity index (χ0) is 13.9. The van der Waals surface area contributed by atoms with Gasteiger partial charge in [-0.05, 0) is 49.8 Å². The molecule has 0 spiro atoms. The molecule has 2 heteroatoms. The van der Waals surface area contributed by atoms with E-state index in [2.05, 4.69) is 36.1 Å². The van der Waals surface area contributed by atoms with Crippen molar-refractivity contribution >= 4 is 0 Å². The van der Waals surface area contributed by atoms with E-state index in [1.54, 1.807) is 0 Å². The maximum atomic E-state index is 10.9. The van der Waals surface area contributed by atoms with Crippen molar-refractivity contribution < 1.29 is 5.11 Å². The summed E-state index contributed by atoms with van der Waals surface area (Å²) < 4.78 is 0. The molecule has 2 unspecified atom stereocenters. The minimum absolute atomic E-state index is 0.311. The number of rotatable bonds is 3. The molecular formula is C18H27NO. The maximum Gasteiger partial charge on any atom is 0.0947 e. The highest BCUT2D eigenvalue weighted by Gasteiger charge is 2.34. The van der Waals surface area contributed by atoms with Gasteiger partial charge in [0.15, 0.2) is 0 Å². The first-order valence-electron chi connectivity index (χ1n) is 8.33. The number of nitrogens with zero attached hydrogens (tertiary/aromatic N) is 1. The van der Waals surface area contributed by atoms with E-state index in [-0.39, 0.29) is 6.10 Å². The van der Waals surface area contributed by atoms with Gasteiger partial charge >= 0.3 is 0 Å². The second-order valence-electron chi connectivity index (χ2n) is 6.37. The summed E-state index contributed by atoms with van der Waals surface area (Å²) in [4.78, 5) is 2.60. The molecule has 0 heterocycles. The van der Waals surface area contributed by atoms with Crippen LogP contribution in [0.4, 0.5) is 0 Å². The Kier molecular flexibility index (Phi) is 4.42. The van der Waals surface area contributed by atoms with Gasteiger partial charge in [0.25, 0.3) is 0 Å². The van der Waals surface area contributed by atoms with Crippen LogP contribution in [-0.4, -0.2) is 28.6 Å². The van der Waals surface area contributed by atoms with Gasteiger partial charge in [-0.2, -0.15) is 0 Å². The van der Waals surface area contributed by atoms with Crippen LogP contribution in [0.2, 0.25) is 0 Å². The first kappa shape index (κ1) is 14.1. The average Bonchev–Trinajstić information content (AvgIpc) is 2.95. The lowest BCUT2D eigenvalue weighted by Crippen LogP contribution is -2.44. The van der Waals surface area contributed by atoms with Gasteiger partial charge in [-0.15, -0.1) is 0 Å². The van der Waals surface area contributed by atoms with Crippen LogP contribution in [0.25, 0.3) is 0 Å². The van der Waals surface area contributed by atoms with E-state index in [1.165, 1.54) is 43.2 Å². The zero-order valence-corrected chi connectivity index (χ0v) is 12.6. The van der Waals surface area contributed by atoms with Gasteiger partial charge in [0, 0.05) is 12.1 Å². The van der Waals surface area contributed by atoms with Gasteiger partial charge in [-0.1, -0.05) is 44.0 Å². The summed E-state index contributed by atoms with van der Waals surface area (Å²) in [5.41, 5.74) is 2.52. The monoisotopic (exact) mass is 273 g/mol. The highest BCUT2D eigenvalue weighted by molar-refractivity contribution is 5.31. The molecule has 2 nitrogen and oxygen atoms in total. The van der Waals surface area contributed by atoms with Crippen molar-refractivity contribution in [3.8, 4) is 0 Å². The van der Waals surface area contributed by atoms with Crippen molar-refractivity contribution in [1.29, 1.82) is 0 Å². The smallest absolute Gasteiger partial charge is 0.0947 e. The molecular weight excluding hydrogens is 246 g/mol. The quantitative estimate of drug-likeness (QED) is 0.849. The van der Waals surface area contributed by atoms with E-state index in [0.29, 0.717) is 12.1 Å². The molecule has 110 valence electrons. The molecule has 1 aromatic rings. The topological polar surface area (TPSA) is 23.5 Å². The summed E-state index contributed by atoms with van der Waals surface area (Å²) in [6.07, 6.45) is 8.49. The Morgan fingerprint density at radius 3 is 2.60 bits per heavy atom. The predicted molar refractivity (Wildman–Crippen MR) is 82.8 cm³/mol. The molecule has 1 fully saturated rings. The average molecular weight is 273 g/mol. The predicted octanol–water partition coefficient (Wildman–Crippen LogP) is 3.69. The molecule has 0 saturated heterocycles. The number of likely N-dealkylation sites (N-methyl/N-ethyl adjacent to an activating group) is 1. The fraction of sp³-hybridized carbons (Fsp3) is 0.667. The summed E-state index contributed by atoms with van der Waals surface area (Å²) in [6.45, 7) is 3.32. The largest absolute Gasteiger partial charge is 0.387 e. The molecule has 0 bridgehead atoms. The van der Waals surface area contributed by atoms with E-state index >= 15 is 0 Å². The van der Waals surface area contributed by atoms with Crippen molar-refractivity contribution in [3.05, 3.63) is 35.4 Å². The standard InChI is InChI=1S/C18H27NO/c1-2-19(15-10-4-5-11-15)17-13-7-9-14-8-3-6-12-16(14)18(17)20/h3,6,8,12,15,17-18,20H,2,4-5,7,9-11,13H2,1H3. The third-order valence-corrected chi connectivity index (χ3v) is 5.27. The summed E-state index contributed by atoms with van der Waals surface area (Å²) in [7, 11) is 0. The third-order valence-electron chi connectivity index (χ3n) is 5.27. The van der Waals surface area contributed by atoms with Gasteiger partial charge in [-0.25, -0.2) is 0 Å². The van der Waals surface area contributed by atoms with E-state index in [4.69, 9.17) is 0 Å². The zero-order valence-electron chi connectivity index (χ0n) is 12.6. The number of hydrogen-bond acceptors (Lipinski definition) is 2. The highest BCUT2D eigenvalue weighted by atomic mass is 16.3. The van der Waals surface area contributed by atoms with Crippen LogP contribution < -0.4 is 0 Å². The van der Waals surface area contributed by atoms with Gasteiger partial charge in [0.1, 0.15) is 0 Å². The van der Waals surface area contributed by atoms with Gasteiger partial charge in [0.2, 0.25) is 0 Å². The minimum atomic E-state index is -0.311. The molecule has 20 heavy (non-hydrogen) atoms. The molecule has 2 aliphatic carbocycles. The lowest BCUT2D eigenvalue weighted by Gasteiger charge is -2.38. The molecule has 2 atom stereocenters. The Morgan fingerprint density at radius 1 is 1.10 bits per heavy atom. The van der Waals surface area contributed by atoms with Gasteiger partial charge in [-0.3, -0.25) is 4.90 Å². The van der Waals surface area contributed by atoms with Crippen molar-refractivity contribution in [2.24, 2.45) is 0 Å². The molecule has 0 aromatic heterocycles. The number of benzene rings is 1. The summed E-state index contributed by atoms with van der Waals surface area (Å²) in [5.74, 6) is 0. The fourth-order valence-electron chi connectivity index (χ4n) is 4.26. The van der Waals surface area contributed by atoms with Crippen LogP contribution in [0.1, 0.15) is 62.7 Å². The van der Waals surface area contributed by atoms with Crippen molar-refractivity contribution in [1.82, 2.24) is 4.90 Å². The fourth-order valence-corrected chi connectivity index (χ4v) is 4.26. The Hall–Kier alpha value is -0.860. The normalized spacial score (nSPS) is 27.6. The van der Waals surface area contributed by atoms with Gasteiger partial charge < -0.3 is 5.11 Å². The second kappa shape index (κ2) is 6.28. The molecule has 3 rings (SSSR count). The maximum absolute atomic E-state index is 10.9. The minimum Gasteiger partial charge on any atom is -0.387 e. The first-order valence-corrected chi connectivity index (χ1v) is 8.33. The summed E-state index contributed by atoms with van der Waals surface area (Å²) >= 11 is 0. The Bertz CT molecular complexity index is 439. The lowest BCUT2D eigenvalue weighted by molar-refractivity contribution is 0.0236. The van der Waals surface area contributed by atoms with Crippen LogP contribution in [0, 0.1) is 0 Å². The number of aryl methyl sites for hydroxylation is 1. The van der Waals surface area contributed by atoms with E-state index < -0.39 is 0 Å². The van der Waals surface area contributed by atoms with E-state index in [1.807, 2.05) is 0 Å². The summed E-state index contributed by atoms with van der Waals surface area (Å²) in [6, 6.07) is 9.49. The van der Waals surface area contributed by atoms with E-state index in [0.717, 1.165) is 19.4 Å². The summed E-state index contributed by atoms with van der Waals surface area (Å²) in [5, 5.41) is 10.9. The van der Waals surface area contributed by atoms with Crippen molar-refractivity contribution in [3.63, 3.8) is 0 Å². The number of aliphatic hydroxyl groups excluding tert-OH is 1. The number of fused-ring (bicyclic) bond motifs is 1. The molecule has 1 N–H and O–H groups in total. The lowest BCUT2D eigenvalue weighted by atomic mass is 9.96. The van der Waals surface area contributed by atoms with E-state index in [9.17, 15) is 5.11 Å². The number of hydrogen-bond donors (Lipinski definition) is 1. The third kappa shape index (κ3) is 2.64. The van der Waals surface area contributed by atoms with Crippen molar-refractivity contribution in [2.75, 3.05) is 6.54 Å². The first-order chi connectivity index (χ1) is 9.81. The Balaban J connectivity index is 1.85. The second-order valence-corrected chi connectivity index (χ2v) is 6.37. The van der Waals surface area contributed by atoms with Crippen LogP contribution in [0.5, 0.6) is 0 Å². The molecule has 0 radical (unpaired) electrons. The van der Waals surface area contributed by atoms with Crippen LogP contribution in [0.3, 0.4) is 0 Å². The van der Waals surface area contributed by atoms with Crippen LogP contribution >= 0.6 is 0 Å². The van der Waals surface area contributed by atoms with Gasteiger partial charge in [0.05, 0.1) is 6.10 Å². The molecule has 0 amide bonds. The molecule has 2 aliphatic rings. The van der Waals surface area contributed by atoms with Crippen LogP contribution in [-0.2, 0) is 6.42 Å². The van der Waals surface area contributed by atoms with Crippen molar-refractivity contribution in [2.45, 2.75) is 70.1 Å². The molecule has 1 aromatic carbocycles.